The van der Waals surface area contributed by atoms with Crippen molar-refractivity contribution in [1.82, 2.24) is 15.0 Å². The number of nitrogens with zero attached hydrogens (tertiary/aromatic N) is 3. The molecule has 0 radical (unpaired) electrons. The first-order valence-electron chi connectivity index (χ1n) is 12.6. The normalized spacial score (nSPS) is 21.6. The van der Waals surface area contributed by atoms with Crippen molar-refractivity contribution < 1.29 is 46.8 Å². The lowest BCUT2D eigenvalue weighted by atomic mass is 9.96. The van der Waals surface area contributed by atoms with E-state index >= 15 is 0 Å². The van der Waals surface area contributed by atoms with Gasteiger partial charge >= 0.3 is 17.9 Å². The number of carbonyl (C=O) groups excluding carboxylic acids is 3. The van der Waals surface area contributed by atoms with Crippen LogP contribution in [0.4, 0.5) is 8.78 Å². The van der Waals surface area contributed by atoms with Gasteiger partial charge in [-0.1, -0.05) is 40.2 Å². The third kappa shape index (κ3) is 7.74. The fraction of sp³-hybridized carbons (Fsp3) is 0.370. The molecular formula is C27H25Cl2F2N3O8S. The van der Waals surface area contributed by atoms with Gasteiger partial charge in [0.05, 0.1) is 23.4 Å². The summed E-state index contributed by atoms with van der Waals surface area (Å²) in [6.45, 7) is 3.19. The molecule has 0 spiro atoms. The molecule has 1 aliphatic heterocycles. The van der Waals surface area contributed by atoms with Gasteiger partial charge in [-0.05, 0) is 30.3 Å². The maximum atomic E-state index is 14.5. The van der Waals surface area contributed by atoms with Crippen molar-refractivity contribution in [2.45, 2.75) is 55.5 Å². The molecule has 1 aromatic heterocycles. The van der Waals surface area contributed by atoms with Crippen LogP contribution in [0.1, 0.15) is 26.8 Å². The molecule has 16 heteroatoms. The van der Waals surface area contributed by atoms with Gasteiger partial charge in [0.15, 0.2) is 29.6 Å². The van der Waals surface area contributed by atoms with Crippen molar-refractivity contribution in [3.8, 4) is 17.0 Å². The number of methoxy groups -OCH3 is 1. The predicted molar refractivity (Wildman–Crippen MR) is 150 cm³/mol. The Kier molecular flexibility index (Phi) is 10.5. The lowest BCUT2D eigenvalue weighted by molar-refractivity contribution is -0.212. The summed E-state index contributed by atoms with van der Waals surface area (Å²) >= 11 is 13.4. The van der Waals surface area contributed by atoms with Gasteiger partial charge in [0.2, 0.25) is 0 Å². The molecule has 0 bridgehead atoms. The number of hydrogen-bond donors (Lipinski definition) is 0. The highest BCUT2D eigenvalue weighted by Crippen LogP contribution is 2.42. The fourth-order valence-corrected chi connectivity index (χ4v) is 5.93. The minimum absolute atomic E-state index is 0.0281. The Bertz CT molecular complexity index is 1500. The van der Waals surface area contributed by atoms with Gasteiger partial charge in [0.1, 0.15) is 29.9 Å². The largest absolute Gasteiger partial charge is 0.491 e. The van der Waals surface area contributed by atoms with E-state index in [1.807, 2.05) is 0 Å². The molecule has 1 fully saturated rings. The van der Waals surface area contributed by atoms with Gasteiger partial charge in [-0.2, -0.15) is 0 Å². The van der Waals surface area contributed by atoms with Crippen LogP contribution >= 0.6 is 35.0 Å². The molecule has 5 atom stereocenters. The molecule has 0 aliphatic carbocycles. The highest BCUT2D eigenvalue weighted by atomic mass is 35.5. The molecule has 0 N–H and O–H groups in total. The summed E-state index contributed by atoms with van der Waals surface area (Å²) in [7, 11) is 1.13. The zero-order chi connectivity index (χ0) is 31.4. The highest BCUT2D eigenvalue weighted by molar-refractivity contribution is 7.99. The van der Waals surface area contributed by atoms with Crippen LogP contribution in [-0.4, -0.2) is 70.4 Å². The first-order valence-corrected chi connectivity index (χ1v) is 14.2. The van der Waals surface area contributed by atoms with E-state index in [-0.39, 0.29) is 22.9 Å². The van der Waals surface area contributed by atoms with Gasteiger partial charge in [-0.15, -0.1) is 5.10 Å². The van der Waals surface area contributed by atoms with Crippen LogP contribution in [0, 0.1) is 11.6 Å². The van der Waals surface area contributed by atoms with Crippen molar-refractivity contribution in [2.75, 3.05) is 13.7 Å². The van der Waals surface area contributed by atoms with Crippen molar-refractivity contribution in [3.63, 3.8) is 0 Å². The molecule has 4 rings (SSSR count). The minimum atomic E-state index is -1.23. The first-order chi connectivity index (χ1) is 20.4. The number of hydrogen-bond acceptors (Lipinski definition) is 11. The Morgan fingerprint density at radius 3 is 2.21 bits per heavy atom. The summed E-state index contributed by atoms with van der Waals surface area (Å²) in [4.78, 5) is 36.8. The van der Waals surface area contributed by atoms with Gasteiger partial charge in [0, 0.05) is 31.2 Å². The van der Waals surface area contributed by atoms with Gasteiger partial charge in [-0.3, -0.25) is 14.4 Å². The number of benzene rings is 2. The van der Waals surface area contributed by atoms with Gasteiger partial charge in [-0.25, -0.2) is 13.5 Å². The molecule has 3 aromatic rings. The molecule has 0 saturated carbocycles. The smallest absolute Gasteiger partial charge is 0.303 e. The summed E-state index contributed by atoms with van der Waals surface area (Å²) in [6, 6.07) is 5.73. The number of thioether (sulfide) groups is 1. The average molecular weight is 660 g/mol. The Labute approximate surface area is 258 Å². The van der Waals surface area contributed by atoms with Crippen molar-refractivity contribution >= 4 is 52.9 Å². The molecule has 11 nitrogen and oxygen atoms in total. The first kappa shape index (κ1) is 32.5. The standard InChI is InChI=1S/C27H25Cl2F2N3O8S/c1-12(35)39-11-22-25(40-13(2)36)23(34-10-21(32-33-34)15-7-19(30)24(38-4)20(31)8-15)26(41-14(3)37)27(42-22)43-16-5-6-17(28)18(29)9-16/h5-10,22-23,25-27H,11H2,1-4H3. The third-order valence-corrected chi connectivity index (χ3v) is 8.01. The van der Waals surface area contributed by atoms with Crippen LogP contribution in [0.3, 0.4) is 0 Å². The third-order valence-electron chi connectivity index (χ3n) is 6.13. The Balaban J connectivity index is 1.82. The predicted octanol–water partition coefficient (Wildman–Crippen LogP) is 5.02. The maximum Gasteiger partial charge on any atom is 0.303 e. The van der Waals surface area contributed by atoms with Crippen LogP contribution in [0.15, 0.2) is 41.4 Å². The second kappa shape index (κ2) is 13.9. The molecule has 1 saturated heterocycles. The van der Waals surface area contributed by atoms with Crippen LogP contribution in [-0.2, 0) is 33.3 Å². The topological polar surface area (TPSA) is 128 Å². The van der Waals surface area contributed by atoms with Crippen molar-refractivity contribution in [1.29, 1.82) is 0 Å². The second-order valence-electron chi connectivity index (χ2n) is 9.23. The quantitative estimate of drug-likeness (QED) is 0.227. The van der Waals surface area contributed by atoms with Gasteiger partial charge < -0.3 is 23.7 Å². The zero-order valence-corrected chi connectivity index (χ0v) is 25.4. The summed E-state index contributed by atoms with van der Waals surface area (Å²) in [5.41, 5.74) is -0.928. The summed E-state index contributed by atoms with van der Waals surface area (Å²) in [5.74, 6) is -4.53. The number of carbonyl (C=O) groups is 3. The van der Waals surface area contributed by atoms with E-state index in [1.54, 1.807) is 18.2 Å². The van der Waals surface area contributed by atoms with Crippen LogP contribution in [0.25, 0.3) is 11.3 Å². The molecule has 0 amide bonds. The van der Waals surface area contributed by atoms with E-state index in [0.29, 0.717) is 9.92 Å². The van der Waals surface area contributed by atoms with Crippen LogP contribution < -0.4 is 4.74 Å². The summed E-state index contributed by atoms with van der Waals surface area (Å²) < 4.78 is 57.6. The number of esters is 3. The van der Waals surface area contributed by atoms with Crippen molar-refractivity contribution in [2.24, 2.45) is 0 Å². The molecule has 2 aromatic carbocycles. The summed E-state index contributed by atoms with van der Waals surface area (Å²) in [6.07, 6.45) is -2.15. The SMILES string of the molecule is COc1c(F)cc(-c2cn(C3C(OC(C)=O)C(COC(C)=O)OC(Sc4ccc(Cl)c(Cl)c4)C3OC(C)=O)nn2)cc1F. The van der Waals surface area contributed by atoms with E-state index in [2.05, 4.69) is 10.3 Å². The van der Waals surface area contributed by atoms with E-state index in [9.17, 15) is 23.2 Å². The lowest BCUT2D eigenvalue weighted by Gasteiger charge is -2.44. The van der Waals surface area contributed by atoms with E-state index in [0.717, 1.165) is 37.9 Å². The van der Waals surface area contributed by atoms with Gasteiger partial charge in [0.25, 0.3) is 0 Å². The minimum Gasteiger partial charge on any atom is -0.491 e. The second-order valence-corrected chi connectivity index (χ2v) is 11.2. The number of ether oxygens (including phenoxy) is 5. The number of halogens is 4. The Morgan fingerprint density at radius 2 is 1.63 bits per heavy atom. The van der Waals surface area contributed by atoms with Crippen molar-refractivity contribution in [3.05, 3.63) is 58.2 Å². The zero-order valence-electron chi connectivity index (χ0n) is 23.1. The molecule has 1 aliphatic rings. The monoisotopic (exact) mass is 659 g/mol. The molecule has 43 heavy (non-hydrogen) atoms. The molecule has 230 valence electrons. The van der Waals surface area contributed by atoms with E-state index < -0.39 is 65.1 Å². The molecule has 2 heterocycles. The van der Waals surface area contributed by atoms with E-state index in [1.165, 1.54) is 24.7 Å². The summed E-state index contributed by atoms with van der Waals surface area (Å²) in [5, 5.41) is 8.75. The van der Waals surface area contributed by atoms with Crippen LogP contribution in [0.5, 0.6) is 5.75 Å². The number of rotatable bonds is 9. The van der Waals surface area contributed by atoms with E-state index in [4.69, 9.17) is 46.9 Å². The Hall–Kier alpha value is -3.46. The number of aromatic nitrogens is 3. The average Bonchev–Trinajstić information content (AvgIpc) is 3.40. The van der Waals surface area contributed by atoms with Crippen LogP contribution in [0.2, 0.25) is 10.0 Å². The molecular weight excluding hydrogens is 635 g/mol. The Morgan fingerprint density at radius 1 is 0.977 bits per heavy atom. The maximum absolute atomic E-state index is 14.5. The fourth-order valence-electron chi connectivity index (χ4n) is 4.42. The lowest BCUT2D eigenvalue weighted by Crippen LogP contribution is -2.57. The molecule has 5 unspecified atom stereocenters. The highest BCUT2D eigenvalue weighted by Gasteiger charge is 2.52.